The summed E-state index contributed by atoms with van der Waals surface area (Å²) in [6, 6.07) is 14.9. The van der Waals surface area contributed by atoms with Gasteiger partial charge < -0.3 is 10.1 Å². The van der Waals surface area contributed by atoms with Crippen molar-refractivity contribution in [2.24, 2.45) is 5.92 Å². The first-order chi connectivity index (χ1) is 13.1. The van der Waals surface area contributed by atoms with E-state index in [0.717, 1.165) is 16.9 Å². The van der Waals surface area contributed by atoms with Gasteiger partial charge in [-0.15, -0.1) is 0 Å². The number of rotatable bonds is 4. The molecule has 0 bridgehead atoms. The van der Waals surface area contributed by atoms with Crippen molar-refractivity contribution in [1.82, 2.24) is 9.78 Å². The van der Waals surface area contributed by atoms with E-state index in [-0.39, 0.29) is 11.8 Å². The maximum absolute atomic E-state index is 12.7. The number of anilines is 1. The van der Waals surface area contributed by atoms with Gasteiger partial charge in [0.15, 0.2) is 0 Å². The van der Waals surface area contributed by atoms with E-state index in [9.17, 15) is 4.79 Å². The van der Waals surface area contributed by atoms with Crippen LogP contribution in [0.1, 0.15) is 11.1 Å². The first-order valence-electron chi connectivity index (χ1n) is 8.57. The zero-order chi connectivity index (χ0) is 18.8. The fourth-order valence-electron chi connectivity index (χ4n) is 3.10. The molecule has 138 valence electrons. The van der Waals surface area contributed by atoms with Crippen LogP contribution in [0.3, 0.4) is 0 Å². The lowest BCUT2D eigenvalue weighted by molar-refractivity contribution is -0.121. The van der Waals surface area contributed by atoms with Crippen LogP contribution in [0.25, 0.3) is 0 Å². The molecule has 1 unspecified atom stereocenters. The molecule has 1 aliphatic rings. The number of carbonyl (C=O) groups is 1. The van der Waals surface area contributed by atoms with Crippen LogP contribution in [-0.4, -0.2) is 22.3 Å². The third kappa shape index (κ3) is 3.94. The van der Waals surface area contributed by atoms with E-state index in [1.165, 1.54) is 0 Å². The van der Waals surface area contributed by atoms with E-state index in [2.05, 4.69) is 10.4 Å². The van der Waals surface area contributed by atoms with Crippen LogP contribution in [-0.2, 0) is 17.8 Å². The fourth-order valence-corrected chi connectivity index (χ4v) is 3.57. The Balaban J connectivity index is 1.46. The Morgan fingerprint density at radius 2 is 2.07 bits per heavy atom. The summed E-state index contributed by atoms with van der Waals surface area (Å²) in [7, 11) is 0. The predicted molar refractivity (Wildman–Crippen MR) is 106 cm³/mol. The maximum Gasteiger partial charge on any atom is 0.232 e. The summed E-state index contributed by atoms with van der Waals surface area (Å²) < 4.78 is 7.42. The van der Waals surface area contributed by atoms with Gasteiger partial charge in [-0.3, -0.25) is 4.79 Å². The molecule has 1 aromatic heterocycles. The second-order valence-corrected chi connectivity index (χ2v) is 7.26. The number of hydrogen-bond donors (Lipinski definition) is 1. The van der Waals surface area contributed by atoms with Crippen molar-refractivity contribution in [3.8, 4) is 5.75 Å². The summed E-state index contributed by atoms with van der Waals surface area (Å²) in [5, 5.41) is 8.38. The molecule has 1 amide bonds. The Hall–Kier alpha value is -2.50. The highest BCUT2D eigenvalue weighted by molar-refractivity contribution is 6.35. The molecule has 0 fully saturated rings. The van der Waals surface area contributed by atoms with E-state index < -0.39 is 0 Å². The highest BCUT2D eigenvalue weighted by Crippen LogP contribution is 2.28. The zero-order valence-corrected chi connectivity index (χ0v) is 15.9. The molecule has 4 rings (SSSR count). The topological polar surface area (TPSA) is 56.2 Å². The van der Waals surface area contributed by atoms with E-state index >= 15 is 0 Å². The van der Waals surface area contributed by atoms with Gasteiger partial charge in [0.05, 0.1) is 18.7 Å². The summed E-state index contributed by atoms with van der Waals surface area (Å²) in [6.07, 6.45) is 2.30. The largest absolute Gasteiger partial charge is 0.492 e. The first-order valence-corrected chi connectivity index (χ1v) is 9.33. The van der Waals surface area contributed by atoms with Crippen molar-refractivity contribution in [2.75, 3.05) is 11.9 Å². The molecule has 1 atom stereocenters. The number of para-hydroxylation sites is 1. The normalized spacial score (nSPS) is 15.7. The minimum Gasteiger partial charge on any atom is -0.492 e. The highest BCUT2D eigenvalue weighted by atomic mass is 35.5. The van der Waals surface area contributed by atoms with Gasteiger partial charge in [-0.2, -0.15) is 5.10 Å². The van der Waals surface area contributed by atoms with Gasteiger partial charge in [0.1, 0.15) is 18.2 Å². The van der Waals surface area contributed by atoms with Gasteiger partial charge in [-0.05, 0) is 35.7 Å². The van der Waals surface area contributed by atoms with E-state index in [0.29, 0.717) is 35.4 Å². The second-order valence-electron chi connectivity index (χ2n) is 6.42. The third-order valence-corrected chi connectivity index (χ3v) is 5.14. The van der Waals surface area contributed by atoms with Gasteiger partial charge in [0, 0.05) is 16.1 Å². The molecule has 2 heterocycles. The summed E-state index contributed by atoms with van der Waals surface area (Å²) in [4.78, 5) is 12.7. The molecule has 27 heavy (non-hydrogen) atoms. The highest BCUT2D eigenvalue weighted by Gasteiger charge is 2.26. The number of ether oxygens (including phenoxy) is 1. The maximum atomic E-state index is 12.7. The monoisotopic (exact) mass is 401 g/mol. The third-order valence-electron chi connectivity index (χ3n) is 4.55. The fraction of sp³-hybridized carbons (Fsp3) is 0.200. The van der Waals surface area contributed by atoms with Crippen LogP contribution in [0.5, 0.6) is 5.75 Å². The van der Waals surface area contributed by atoms with Crippen molar-refractivity contribution in [1.29, 1.82) is 0 Å². The summed E-state index contributed by atoms with van der Waals surface area (Å²) in [5.74, 6) is 1.13. The summed E-state index contributed by atoms with van der Waals surface area (Å²) >= 11 is 12.2. The minimum absolute atomic E-state index is 0.0894. The predicted octanol–water partition coefficient (Wildman–Crippen LogP) is 4.43. The number of nitrogens with one attached hydrogen (secondary N) is 1. The molecule has 5 nitrogen and oxygen atoms in total. The van der Waals surface area contributed by atoms with E-state index in [4.69, 9.17) is 27.9 Å². The Kier molecular flexibility index (Phi) is 5.05. The quantitative estimate of drug-likeness (QED) is 0.703. The Morgan fingerprint density at radius 1 is 1.22 bits per heavy atom. The average molecular weight is 402 g/mol. The number of nitrogens with zero attached hydrogens (tertiary/aromatic N) is 2. The lowest BCUT2D eigenvalue weighted by atomic mass is 9.96. The molecular formula is C20H17Cl2N3O2. The molecule has 7 heteroatoms. The second kappa shape index (κ2) is 7.62. The molecule has 1 aliphatic heterocycles. The molecule has 2 aromatic carbocycles. The van der Waals surface area contributed by atoms with Crippen LogP contribution in [0.4, 0.5) is 5.82 Å². The summed E-state index contributed by atoms with van der Waals surface area (Å²) in [5.41, 5.74) is 1.92. The van der Waals surface area contributed by atoms with Crippen molar-refractivity contribution in [3.63, 3.8) is 0 Å². The van der Waals surface area contributed by atoms with Crippen LogP contribution in [0.2, 0.25) is 10.0 Å². The lowest BCUT2D eigenvalue weighted by Crippen LogP contribution is -2.33. The SMILES string of the molecule is O=C(Nc1ccnn1Cc1ccc(Cl)cc1Cl)C1COc2ccccc2C1. The van der Waals surface area contributed by atoms with Crippen molar-refractivity contribution in [3.05, 3.63) is 75.9 Å². The van der Waals surface area contributed by atoms with Crippen molar-refractivity contribution >= 4 is 34.9 Å². The van der Waals surface area contributed by atoms with Crippen molar-refractivity contribution in [2.45, 2.75) is 13.0 Å². The smallest absolute Gasteiger partial charge is 0.232 e. The Morgan fingerprint density at radius 3 is 2.93 bits per heavy atom. The van der Waals surface area contributed by atoms with Crippen LogP contribution in [0, 0.1) is 5.92 Å². The van der Waals surface area contributed by atoms with Crippen LogP contribution >= 0.6 is 23.2 Å². The molecule has 3 aromatic rings. The van der Waals surface area contributed by atoms with Gasteiger partial charge in [0.25, 0.3) is 0 Å². The number of carbonyl (C=O) groups excluding carboxylic acids is 1. The number of halogens is 2. The molecule has 0 spiro atoms. The van der Waals surface area contributed by atoms with Gasteiger partial charge >= 0.3 is 0 Å². The standard InChI is InChI=1S/C20H17Cl2N3O2/c21-16-6-5-14(17(22)10-16)11-25-19(7-8-23-25)24-20(26)15-9-13-3-1-2-4-18(13)27-12-15/h1-8,10,15H,9,11-12H2,(H,24,26). The number of benzene rings is 2. The molecule has 0 aliphatic carbocycles. The average Bonchev–Trinajstić information content (AvgIpc) is 3.10. The Bertz CT molecular complexity index is 987. The number of hydrogen-bond acceptors (Lipinski definition) is 3. The number of aromatic nitrogens is 2. The van der Waals surface area contributed by atoms with E-state index in [1.54, 1.807) is 29.1 Å². The van der Waals surface area contributed by atoms with Crippen LogP contribution in [0.15, 0.2) is 54.7 Å². The van der Waals surface area contributed by atoms with Crippen molar-refractivity contribution < 1.29 is 9.53 Å². The molecule has 0 saturated carbocycles. The lowest BCUT2D eigenvalue weighted by Gasteiger charge is -2.24. The zero-order valence-electron chi connectivity index (χ0n) is 14.4. The molecule has 0 saturated heterocycles. The van der Waals surface area contributed by atoms with Gasteiger partial charge in [0.2, 0.25) is 5.91 Å². The van der Waals surface area contributed by atoms with Gasteiger partial charge in [-0.25, -0.2) is 4.68 Å². The first kappa shape index (κ1) is 17.9. The van der Waals surface area contributed by atoms with Gasteiger partial charge in [-0.1, -0.05) is 47.5 Å². The molecular weight excluding hydrogens is 385 g/mol. The molecule has 0 radical (unpaired) electrons. The summed E-state index contributed by atoms with van der Waals surface area (Å²) in [6.45, 7) is 0.794. The number of fused-ring (bicyclic) bond motifs is 1. The van der Waals surface area contributed by atoms with Crippen LogP contribution < -0.4 is 10.1 Å². The van der Waals surface area contributed by atoms with E-state index in [1.807, 2.05) is 30.3 Å². The molecule has 1 N–H and O–H groups in total. The number of amides is 1. The Labute approximate surface area is 166 Å². The minimum atomic E-state index is -0.248.